The van der Waals surface area contributed by atoms with Gasteiger partial charge in [0.1, 0.15) is 0 Å². The summed E-state index contributed by atoms with van der Waals surface area (Å²) in [6.07, 6.45) is 2.89. The lowest BCUT2D eigenvalue weighted by molar-refractivity contribution is 0.332. The van der Waals surface area contributed by atoms with Gasteiger partial charge in [-0.3, -0.25) is 4.57 Å². The van der Waals surface area contributed by atoms with Gasteiger partial charge in [-0.2, -0.15) is 0 Å². The fraction of sp³-hybridized carbons (Fsp3) is 1.00. The van der Waals surface area contributed by atoms with Crippen LogP contribution in [-0.2, 0) is 4.57 Å². The van der Waals surface area contributed by atoms with Crippen molar-refractivity contribution >= 4 is 7.60 Å². The molecule has 0 heterocycles. The Bertz CT molecular complexity index is 215. The van der Waals surface area contributed by atoms with Crippen LogP contribution in [0.5, 0.6) is 0 Å². The maximum atomic E-state index is 11.1. The van der Waals surface area contributed by atoms with Crippen molar-refractivity contribution in [2.45, 2.75) is 31.8 Å². The third kappa shape index (κ3) is 2.78. The summed E-state index contributed by atoms with van der Waals surface area (Å²) in [6.45, 7) is 2.22. The van der Waals surface area contributed by atoms with Crippen LogP contribution in [0.2, 0.25) is 0 Å². The molecule has 0 aromatic heterocycles. The molecule has 0 aromatic rings. The maximum Gasteiger partial charge on any atom is 0.330 e. The molecule has 0 radical (unpaired) electrons. The van der Waals surface area contributed by atoms with Gasteiger partial charge in [0.05, 0.1) is 5.66 Å². The van der Waals surface area contributed by atoms with Gasteiger partial charge in [0.25, 0.3) is 0 Å². The fourth-order valence-electron chi connectivity index (χ4n) is 2.20. The minimum Gasteiger partial charge on any atom is -0.330 e. The second-order valence-corrected chi connectivity index (χ2v) is 5.91. The Morgan fingerprint density at radius 2 is 2.15 bits per heavy atom. The highest BCUT2D eigenvalue weighted by atomic mass is 31.2. The van der Waals surface area contributed by atoms with Gasteiger partial charge in [-0.15, -0.1) is 0 Å². The minimum atomic E-state index is -3.98. The van der Waals surface area contributed by atoms with Crippen molar-refractivity contribution in [3.05, 3.63) is 0 Å². The van der Waals surface area contributed by atoms with E-state index >= 15 is 0 Å². The highest BCUT2D eigenvalue weighted by molar-refractivity contribution is 7.52. The van der Waals surface area contributed by atoms with E-state index in [1.54, 1.807) is 0 Å². The first-order chi connectivity index (χ1) is 5.95. The maximum absolute atomic E-state index is 11.1. The molecular formula is C8H18NO3P. The molecule has 0 bridgehead atoms. The van der Waals surface area contributed by atoms with Crippen LogP contribution in [-0.4, -0.2) is 22.0 Å². The van der Waals surface area contributed by atoms with Gasteiger partial charge in [0.15, 0.2) is 0 Å². The number of rotatable bonds is 3. The van der Waals surface area contributed by atoms with E-state index < -0.39 is 13.3 Å². The van der Waals surface area contributed by atoms with E-state index in [1.807, 2.05) is 0 Å². The van der Waals surface area contributed by atoms with E-state index in [2.05, 4.69) is 6.92 Å². The lowest BCUT2D eigenvalue weighted by atomic mass is 10.0. The molecule has 0 spiro atoms. The Balaban J connectivity index is 2.63. The summed E-state index contributed by atoms with van der Waals surface area (Å²) >= 11 is 0. The molecule has 3 atom stereocenters. The molecule has 4 nitrogen and oxygen atoms in total. The molecule has 13 heavy (non-hydrogen) atoms. The van der Waals surface area contributed by atoms with Crippen molar-refractivity contribution in [3.8, 4) is 0 Å². The SMILES string of the molecule is C[C@H]1CC[C@@H]([C@@H](CN)P(=O)(O)O)C1. The molecule has 1 aliphatic rings. The molecule has 1 aliphatic carbocycles. The quantitative estimate of drug-likeness (QED) is 0.601. The number of hydrogen-bond acceptors (Lipinski definition) is 2. The molecule has 5 heteroatoms. The van der Waals surface area contributed by atoms with Crippen molar-refractivity contribution in [2.24, 2.45) is 17.6 Å². The first-order valence-corrected chi connectivity index (χ1v) is 6.38. The van der Waals surface area contributed by atoms with Crippen LogP contribution in [0.15, 0.2) is 0 Å². The van der Waals surface area contributed by atoms with Crippen LogP contribution >= 0.6 is 7.60 Å². The summed E-state index contributed by atoms with van der Waals surface area (Å²) < 4.78 is 11.1. The molecule has 1 saturated carbocycles. The smallest absolute Gasteiger partial charge is 0.330 e. The van der Waals surface area contributed by atoms with Crippen molar-refractivity contribution in [3.63, 3.8) is 0 Å². The topological polar surface area (TPSA) is 83.6 Å². The molecule has 0 aromatic carbocycles. The van der Waals surface area contributed by atoms with Crippen LogP contribution in [0.1, 0.15) is 26.2 Å². The van der Waals surface area contributed by atoms with Crippen LogP contribution in [0.25, 0.3) is 0 Å². The van der Waals surface area contributed by atoms with Crippen molar-refractivity contribution in [1.82, 2.24) is 0 Å². The first-order valence-electron chi connectivity index (χ1n) is 4.70. The third-order valence-electron chi connectivity index (χ3n) is 2.95. The highest BCUT2D eigenvalue weighted by Gasteiger charge is 2.38. The van der Waals surface area contributed by atoms with Gasteiger partial charge in [0.2, 0.25) is 0 Å². The Hall–Kier alpha value is 0.110. The fourth-order valence-corrected chi connectivity index (χ4v) is 3.30. The van der Waals surface area contributed by atoms with Gasteiger partial charge in [-0.05, 0) is 24.7 Å². The minimum absolute atomic E-state index is 0.0989. The average molecular weight is 207 g/mol. The highest BCUT2D eigenvalue weighted by Crippen LogP contribution is 2.49. The van der Waals surface area contributed by atoms with E-state index in [1.165, 1.54) is 0 Å². The predicted molar refractivity (Wildman–Crippen MR) is 51.4 cm³/mol. The van der Waals surface area contributed by atoms with Gasteiger partial charge < -0.3 is 15.5 Å². The molecule has 1 fully saturated rings. The van der Waals surface area contributed by atoms with Crippen LogP contribution in [0.4, 0.5) is 0 Å². The van der Waals surface area contributed by atoms with Crippen molar-refractivity contribution in [2.75, 3.05) is 6.54 Å². The Morgan fingerprint density at radius 3 is 2.46 bits per heavy atom. The molecule has 0 amide bonds. The second kappa shape index (κ2) is 4.09. The predicted octanol–water partition coefficient (Wildman–Crippen LogP) is 0.928. The zero-order valence-corrected chi connectivity index (χ0v) is 8.78. The van der Waals surface area contributed by atoms with E-state index in [-0.39, 0.29) is 12.5 Å². The normalized spacial score (nSPS) is 32.0. The van der Waals surface area contributed by atoms with Crippen LogP contribution in [0.3, 0.4) is 0 Å². The van der Waals surface area contributed by atoms with Gasteiger partial charge in [-0.1, -0.05) is 13.3 Å². The molecule has 0 unspecified atom stereocenters. The molecule has 4 N–H and O–H groups in total. The second-order valence-electron chi connectivity index (χ2n) is 4.07. The average Bonchev–Trinajstić information content (AvgIpc) is 2.34. The van der Waals surface area contributed by atoms with Gasteiger partial charge in [0, 0.05) is 6.54 Å². The lowest BCUT2D eigenvalue weighted by Crippen LogP contribution is -2.27. The van der Waals surface area contributed by atoms with E-state index in [0.29, 0.717) is 5.92 Å². The number of hydrogen-bond donors (Lipinski definition) is 3. The van der Waals surface area contributed by atoms with Crippen molar-refractivity contribution < 1.29 is 14.4 Å². The Labute approximate surface area is 78.7 Å². The van der Waals surface area contributed by atoms with Crippen LogP contribution < -0.4 is 5.73 Å². The van der Waals surface area contributed by atoms with E-state index in [9.17, 15) is 4.57 Å². The zero-order valence-electron chi connectivity index (χ0n) is 7.89. The third-order valence-corrected chi connectivity index (χ3v) is 4.45. The summed E-state index contributed by atoms with van der Waals surface area (Å²) in [7, 11) is -3.98. The summed E-state index contributed by atoms with van der Waals surface area (Å²) in [5.41, 5.74) is 4.78. The molecule has 0 aliphatic heterocycles. The standard InChI is InChI=1S/C8H18NO3P/c1-6-2-3-7(4-6)8(5-9)13(10,11)12/h6-8H,2-5,9H2,1H3,(H2,10,11,12)/t6-,7+,8+/m0/s1. The number of nitrogens with two attached hydrogens (primary N) is 1. The summed E-state index contributed by atoms with van der Waals surface area (Å²) in [4.78, 5) is 18.1. The molecule has 0 saturated heterocycles. The Kier molecular flexibility index (Phi) is 3.52. The first kappa shape index (κ1) is 11.2. The molecule has 1 rings (SSSR count). The summed E-state index contributed by atoms with van der Waals surface area (Å²) in [6, 6.07) is 0. The van der Waals surface area contributed by atoms with E-state index in [0.717, 1.165) is 19.3 Å². The van der Waals surface area contributed by atoms with Gasteiger partial charge in [-0.25, -0.2) is 0 Å². The molecule has 78 valence electrons. The monoisotopic (exact) mass is 207 g/mol. The Morgan fingerprint density at radius 1 is 1.54 bits per heavy atom. The van der Waals surface area contributed by atoms with Crippen LogP contribution in [0, 0.1) is 11.8 Å². The van der Waals surface area contributed by atoms with Gasteiger partial charge >= 0.3 is 7.60 Å². The van der Waals surface area contributed by atoms with E-state index in [4.69, 9.17) is 15.5 Å². The zero-order chi connectivity index (χ0) is 10.1. The largest absolute Gasteiger partial charge is 0.330 e. The molecular weight excluding hydrogens is 189 g/mol. The van der Waals surface area contributed by atoms with Crippen molar-refractivity contribution in [1.29, 1.82) is 0 Å². The summed E-state index contributed by atoms with van der Waals surface area (Å²) in [5.74, 6) is 0.714. The lowest BCUT2D eigenvalue weighted by Gasteiger charge is -2.22. The summed E-state index contributed by atoms with van der Waals surface area (Å²) in [5, 5.41) is 0.